The summed E-state index contributed by atoms with van der Waals surface area (Å²) >= 11 is 0. The largest absolute Gasteiger partial charge is 0.361 e. The van der Waals surface area contributed by atoms with Crippen LogP contribution < -0.4 is 0 Å². The number of likely N-dealkylation sites (tertiary alicyclic amines) is 2. The smallest absolute Gasteiger partial charge is 0.228 e. The van der Waals surface area contributed by atoms with E-state index in [0.717, 1.165) is 43.7 Å². The molecule has 2 aliphatic heterocycles. The first-order valence-electron chi connectivity index (χ1n) is 8.16. The molecule has 1 aromatic rings. The van der Waals surface area contributed by atoms with E-state index in [0.29, 0.717) is 19.0 Å². The summed E-state index contributed by atoms with van der Waals surface area (Å²) < 4.78 is 5.15. The van der Waals surface area contributed by atoms with Gasteiger partial charge in [-0.3, -0.25) is 9.59 Å². The van der Waals surface area contributed by atoms with Crippen LogP contribution in [-0.2, 0) is 9.59 Å². The Bertz CT molecular complexity index is 608. The number of hydrogen-bond donors (Lipinski definition) is 0. The van der Waals surface area contributed by atoms with Gasteiger partial charge in [-0.05, 0) is 32.6 Å². The maximum Gasteiger partial charge on any atom is 0.228 e. The number of amides is 2. The number of rotatable bonds is 3. The molecule has 6 nitrogen and oxygen atoms in total. The first-order chi connectivity index (χ1) is 10.6. The number of hydrogen-bond acceptors (Lipinski definition) is 4. The molecule has 22 heavy (non-hydrogen) atoms. The molecule has 1 saturated carbocycles. The Morgan fingerprint density at radius 2 is 2.18 bits per heavy atom. The highest BCUT2D eigenvalue weighted by Gasteiger charge is 2.44. The fourth-order valence-electron chi connectivity index (χ4n) is 3.75. The van der Waals surface area contributed by atoms with Gasteiger partial charge < -0.3 is 14.3 Å². The van der Waals surface area contributed by atoms with Crippen molar-refractivity contribution in [3.63, 3.8) is 0 Å². The first-order valence-corrected chi connectivity index (χ1v) is 8.16. The minimum absolute atomic E-state index is 0.00928. The van der Waals surface area contributed by atoms with Gasteiger partial charge in [0.05, 0.1) is 12.0 Å². The zero-order valence-corrected chi connectivity index (χ0v) is 12.8. The fraction of sp³-hybridized carbons (Fsp3) is 0.688. The van der Waals surface area contributed by atoms with Gasteiger partial charge in [-0.25, -0.2) is 0 Å². The summed E-state index contributed by atoms with van der Waals surface area (Å²) in [6.07, 6.45) is 4.46. The highest BCUT2D eigenvalue weighted by Crippen LogP contribution is 2.37. The third-order valence-electron chi connectivity index (χ3n) is 5.02. The maximum absolute atomic E-state index is 12.9. The molecule has 2 saturated heterocycles. The van der Waals surface area contributed by atoms with Crippen LogP contribution in [0.4, 0.5) is 0 Å². The van der Waals surface area contributed by atoms with Crippen molar-refractivity contribution in [3.05, 3.63) is 17.5 Å². The molecule has 2 atom stereocenters. The zero-order chi connectivity index (χ0) is 15.3. The number of carbonyl (C=O) groups excluding carboxylic acids is 2. The standard InChI is InChI=1S/C16H21N3O3/c1-10-7-13(17-22-10)14-3-2-6-18(14)16(21)11-8-15(20)19(9-11)12-4-5-12/h7,11-12,14H,2-6,8-9H2,1H3/t11-,14+/m0/s1. The lowest BCUT2D eigenvalue weighted by atomic mass is 10.1. The molecule has 4 rings (SSSR count). The molecule has 2 amide bonds. The molecule has 0 unspecified atom stereocenters. The van der Waals surface area contributed by atoms with Crippen LogP contribution in [0.1, 0.15) is 49.6 Å². The molecule has 3 aliphatic rings. The quantitative estimate of drug-likeness (QED) is 0.851. The molecule has 3 fully saturated rings. The van der Waals surface area contributed by atoms with Crippen molar-refractivity contribution in [1.82, 2.24) is 15.0 Å². The Hall–Kier alpha value is -1.85. The van der Waals surface area contributed by atoms with Crippen LogP contribution >= 0.6 is 0 Å². The summed E-state index contributed by atoms with van der Waals surface area (Å²) in [5, 5.41) is 4.08. The topological polar surface area (TPSA) is 66.7 Å². The van der Waals surface area contributed by atoms with E-state index in [-0.39, 0.29) is 23.8 Å². The van der Waals surface area contributed by atoms with Gasteiger partial charge in [-0.1, -0.05) is 5.16 Å². The van der Waals surface area contributed by atoms with Crippen molar-refractivity contribution in [2.45, 2.75) is 51.1 Å². The third-order valence-corrected chi connectivity index (χ3v) is 5.02. The molecule has 118 valence electrons. The molecule has 3 heterocycles. The second kappa shape index (κ2) is 5.11. The molecule has 6 heteroatoms. The Morgan fingerprint density at radius 3 is 2.86 bits per heavy atom. The van der Waals surface area contributed by atoms with Crippen LogP contribution in [0.2, 0.25) is 0 Å². The molecule has 0 N–H and O–H groups in total. The first kappa shape index (κ1) is 13.8. The van der Waals surface area contributed by atoms with Gasteiger partial charge >= 0.3 is 0 Å². The summed E-state index contributed by atoms with van der Waals surface area (Å²) in [5.74, 6) is 0.848. The zero-order valence-electron chi connectivity index (χ0n) is 12.8. The predicted octanol–water partition coefficient (Wildman–Crippen LogP) is 1.66. The second-order valence-electron chi connectivity index (χ2n) is 6.73. The average molecular weight is 303 g/mol. The minimum Gasteiger partial charge on any atom is -0.361 e. The lowest BCUT2D eigenvalue weighted by molar-refractivity contribution is -0.136. The summed E-state index contributed by atoms with van der Waals surface area (Å²) in [4.78, 5) is 28.7. The monoisotopic (exact) mass is 303 g/mol. The van der Waals surface area contributed by atoms with E-state index in [9.17, 15) is 9.59 Å². The SMILES string of the molecule is Cc1cc([C@H]2CCCN2C(=O)[C@H]2CC(=O)N(C3CC3)C2)no1. The van der Waals surface area contributed by atoms with Gasteiger partial charge in [0, 0.05) is 31.6 Å². The Balaban J connectivity index is 1.48. The summed E-state index contributed by atoms with van der Waals surface area (Å²) in [6, 6.07) is 2.32. The van der Waals surface area contributed by atoms with Gasteiger partial charge in [0.1, 0.15) is 11.5 Å². The Morgan fingerprint density at radius 1 is 1.36 bits per heavy atom. The van der Waals surface area contributed by atoms with Crippen LogP contribution in [0.25, 0.3) is 0 Å². The lowest BCUT2D eigenvalue weighted by Gasteiger charge is -2.26. The molecule has 0 bridgehead atoms. The van der Waals surface area contributed by atoms with Crippen molar-refractivity contribution in [3.8, 4) is 0 Å². The Labute approximate surface area is 129 Å². The lowest BCUT2D eigenvalue weighted by Crippen LogP contribution is -2.37. The van der Waals surface area contributed by atoms with E-state index in [1.165, 1.54) is 0 Å². The van der Waals surface area contributed by atoms with Crippen LogP contribution in [0.5, 0.6) is 0 Å². The number of aromatic nitrogens is 1. The Kier molecular flexibility index (Phi) is 3.20. The van der Waals surface area contributed by atoms with Crippen molar-refractivity contribution < 1.29 is 14.1 Å². The summed E-state index contributed by atoms with van der Waals surface area (Å²) in [5.41, 5.74) is 0.840. The third kappa shape index (κ3) is 2.30. The molecule has 0 aromatic carbocycles. The van der Waals surface area contributed by atoms with Crippen molar-refractivity contribution >= 4 is 11.8 Å². The van der Waals surface area contributed by atoms with Gasteiger partial charge in [0.2, 0.25) is 11.8 Å². The number of nitrogens with zero attached hydrogens (tertiary/aromatic N) is 3. The van der Waals surface area contributed by atoms with Crippen LogP contribution in [0.15, 0.2) is 10.6 Å². The van der Waals surface area contributed by atoms with E-state index < -0.39 is 0 Å². The van der Waals surface area contributed by atoms with Gasteiger partial charge in [-0.15, -0.1) is 0 Å². The van der Waals surface area contributed by atoms with Crippen molar-refractivity contribution in [2.75, 3.05) is 13.1 Å². The van der Waals surface area contributed by atoms with E-state index in [1.807, 2.05) is 22.8 Å². The molecule has 1 aliphatic carbocycles. The van der Waals surface area contributed by atoms with Crippen LogP contribution in [0, 0.1) is 12.8 Å². The average Bonchev–Trinajstić information content (AvgIpc) is 2.90. The van der Waals surface area contributed by atoms with E-state index in [2.05, 4.69) is 5.16 Å². The summed E-state index contributed by atoms with van der Waals surface area (Å²) in [7, 11) is 0. The van der Waals surface area contributed by atoms with Crippen molar-refractivity contribution in [2.24, 2.45) is 5.92 Å². The van der Waals surface area contributed by atoms with E-state index in [4.69, 9.17) is 4.52 Å². The van der Waals surface area contributed by atoms with E-state index in [1.54, 1.807) is 0 Å². The van der Waals surface area contributed by atoms with E-state index >= 15 is 0 Å². The number of aryl methyl sites for hydroxylation is 1. The predicted molar refractivity (Wildman–Crippen MR) is 77.8 cm³/mol. The maximum atomic E-state index is 12.9. The van der Waals surface area contributed by atoms with Gasteiger partial charge in [-0.2, -0.15) is 0 Å². The normalized spacial score (nSPS) is 28.7. The highest BCUT2D eigenvalue weighted by molar-refractivity contribution is 5.89. The van der Waals surface area contributed by atoms with Gasteiger partial charge in [0.25, 0.3) is 0 Å². The highest BCUT2D eigenvalue weighted by atomic mass is 16.5. The van der Waals surface area contributed by atoms with Crippen molar-refractivity contribution in [1.29, 1.82) is 0 Å². The van der Waals surface area contributed by atoms with Gasteiger partial charge in [0.15, 0.2) is 0 Å². The summed E-state index contributed by atoms with van der Waals surface area (Å²) in [6.45, 7) is 3.22. The van der Waals surface area contributed by atoms with Crippen LogP contribution in [0.3, 0.4) is 0 Å². The van der Waals surface area contributed by atoms with Crippen LogP contribution in [-0.4, -0.2) is 45.9 Å². The molecular formula is C16H21N3O3. The number of carbonyl (C=O) groups is 2. The minimum atomic E-state index is -0.179. The second-order valence-corrected chi connectivity index (χ2v) is 6.73. The fourth-order valence-corrected chi connectivity index (χ4v) is 3.75. The molecule has 0 radical (unpaired) electrons. The molecule has 1 aromatic heterocycles. The molecular weight excluding hydrogens is 282 g/mol. The molecule has 0 spiro atoms.